The predicted molar refractivity (Wildman–Crippen MR) is 95.5 cm³/mol. The van der Waals surface area contributed by atoms with Crippen LogP contribution in [0.4, 0.5) is 0 Å². The Balaban J connectivity index is 1.59. The molecule has 1 aromatic heterocycles. The van der Waals surface area contributed by atoms with Crippen LogP contribution in [0.25, 0.3) is 5.69 Å². The minimum absolute atomic E-state index is 0.144. The van der Waals surface area contributed by atoms with E-state index in [1.165, 1.54) is 6.42 Å². The molecule has 1 amide bonds. The number of carbonyl (C=O) groups excluding carboxylic acids is 1. The summed E-state index contributed by atoms with van der Waals surface area (Å²) in [5.74, 6) is 0.886. The molecule has 0 aliphatic carbocycles. The molecule has 0 atom stereocenters. The lowest BCUT2D eigenvalue weighted by atomic mass is 9.93. The average Bonchev–Trinajstić information content (AvgIpc) is 3.06. The van der Waals surface area contributed by atoms with Gasteiger partial charge in [0.2, 0.25) is 0 Å². The number of aryl methyl sites for hydroxylation is 1. The first-order valence-electron chi connectivity index (χ1n) is 8.73. The third-order valence-corrected chi connectivity index (χ3v) is 4.79. The average molecular weight is 326 g/mol. The number of rotatable bonds is 5. The molecule has 1 N–H and O–H groups in total. The van der Waals surface area contributed by atoms with E-state index in [9.17, 15) is 4.79 Å². The fourth-order valence-corrected chi connectivity index (χ4v) is 3.27. The molecule has 0 unspecified atom stereocenters. The van der Waals surface area contributed by atoms with Gasteiger partial charge in [0.15, 0.2) is 0 Å². The highest BCUT2D eigenvalue weighted by atomic mass is 16.2. The Morgan fingerprint density at radius 3 is 2.54 bits per heavy atom. The molecule has 5 heteroatoms. The maximum Gasteiger partial charge on any atom is 0.253 e. The molecule has 1 aromatic carbocycles. The molecule has 0 bridgehead atoms. The van der Waals surface area contributed by atoms with Crippen molar-refractivity contribution in [3.8, 4) is 5.69 Å². The summed E-state index contributed by atoms with van der Waals surface area (Å²) in [6, 6.07) is 7.72. The van der Waals surface area contributed by atoms with Crippen molar-refractivity contribution in [1.29, 1.82) is 0 Å². The number of benzene rings is 1. The summed E-state index contributed by atoms with van der Waals surface area (Å²) < 4.78 is 1.83. The van der Waals surface area contributed by atoms with E-state index < -0.39 is 0 Å². The second kappa shape index (κ2) is 7.62. The topological polar surface area (TPSA) is 50.2 Å². The summed E-state index contributed by atoms with van der Waals surface area (Å²) in [4.78, 5) is 14.7. The van der Waals surface area contributed by atoms with Crippen molar-refractivity contribution in [1.82, 2.24) is 20.0 Å². The number of aromatic nitrogens is 2. The van der Waals surface area contributed by atoms with Crippen molar-refractivity contribution in [3.63, 3.8) is 0 Å². The Morgan fingerprint density at radius 1 is 1.25 bits per heavy atom. The van der Waals surface area contributed by atoms with Crippen LogP contribution in [0.2, 0.25) is 0 Å². The lowest BCUT2D eigenvalue weighted by molar-refractivity contribution is 0.0687. The molecule has 0 spiro atoms. The van der Waals surface area contributed by atoms with Gasteiger partial charge < -0.3 is 10.2 Å². The quantitative estimate of drug-likeness (QED) is 0.919. The van der Waals surface area contributed by atoms with E-state index in [0.717, 1.165) is 55.2 Å². The molecule has 24 heavy (non-hydrogen) atoms. The van der Waals surface area contributed by atoms with Crippen molar-refractivity contribution >= 4 is 5.91 Å². The van der Waals surface area contributed by atoms with Crippen LogP contribution in [0.15, 0.2) is 36.7 Å². The van der Waals surface area contributed by atoms with E-state index in [1.807, 2.05) is 60.2 Å². The highest BCUT2D eigenvalue weighted by Crippen LogP contribution is 2.22. The lowest BCUT2D eigenvalue weighted by Crippen LogP contribution is -2.38. The number of likely N-dealkylation sites (tertiary alicyclic amines) is 1. The molecule has 1 fully saturated rings. The van der Waals surface area contributed by atoms with Gasteiger partial charge in [0, 0.05) is 24.8 Å². The fraction of sp³-hybridized carbons (Fsp3) is 0.474. The van der Waals surface area contributed by atoms with Crippen molar-refractivity contribution in [3.05, 3.63) is 47.8 Å². The standard InChI is InChI=1S/C19H26N4O/c1-15-13-21-23(14-15)18-5-3-17(4-6-18)19(24)22-11-8-16(9-12-22)7-10-20-2/h3-6,13-14,16,20H,7-12H2,1-2H3. The van der Waals surface area contributed by atoms with Crippen LogP contribution in [0.5, 0.6) is 0 Å². The Labute approximate surface area is 143 Å². The molecular formula is C19H26N4O. The molecule has 2 heterocycles. The normalized spacial score (nSPS) is 15.7. The number of amides is 1. The third-order valence-electron chi connectivity index (χ3n) is 4.79. The van der Waals surface area contributed by atoms with Gasteiger partial charge in [-0.15, -0.1) is 0 Å². The minimum Gasteiger partial charge on any atom is -0.339 e. The molecule has 0 radical (unpaired) electrons. The van der Waals surface area contributed by atoms with Gasteiger partial charge in [-0.2, -0.15) is 5.10 Å². The van der Waals surface area contributed by atoms with Crippen LogP contribution < -0.4 is 5.32 Å². The maximum absolute atomic E-state index is 12.7. The van der Waals surface area contributed by atoms with E-state index in [1.54, 1.807) is 0 Å². The highest BCUT2D eigenvalue weighted by molar-refractivity contribution is 5.94. The van der Waals surface area contributed by atoms with Crippen molar-refractivity contribution < 1.29 is 4.79 Å². The van der Waals surface area contributed by atoms with Crippen LogP contribution in [-0.2, 0) is 0 Å². The molecule has 2 aromatic rings. The van der Waals surface area contributed by atoms with Gasteiger partial charge in [0.05, 0.1) is 11.9 Å². The maximum atomic E-state index is 12.7. The minimum atomic E-state index is 0.144. The van der Waals surface area contributed by atoms with Crippen LogP contribution in [0.1, 0.15) is 35.2 Å². The summed E-state index contributed by atoms with van der Waals surface area (Å²) in [5.41, 5.74) is 2.86. The first-order chi connectivity index (χ1) is 11.7. The molecule has 1 aliphatic heterocycles. The van der Waals surface area contributed by atoms with Crippen LogP contribution >= 0.6 is 0 Å². The first-order valence-corrected chi connectivity index (χ1v) is 8.73. The number of carbonyl (C=O) groups is 1. The van der Waals surface area contributed by atoms with Gasteiger partial charge in [0.1, 0.15) is 0 Å². The molecule has 1 aliphatic rings. The van der Waals surface area contributed by atoms with Crippen molar-refractivity contribution in [2.24, 2.45) is 5.92 Å². The molecule has 5 nitrogen and oxygen atoms in total. The van der Waals surface area contributed by atoms with Gasteiger partial charge in [-0.05, 0) is 75.5 Å². The molecule has 3 rings (SSSR count). The summed E-state index contributed by atoms with van der Waals surface area (Å²) in [7, 11) is 1.99. The Hall–Kier alpha value is -2.14. The SMILES string of the molecule is CNCCC1CCN(C(=O)c2ccc(-n3cc(C)cn3)cc2)CC1. The Kier molecular flexibility index (Phi) is 5.30. The van der Waals surface area contributed by atoms with Crippen LogP contribution in [0.3, 0.4) is 0 Å². The number of nitrogens with one attached hydrogen (secondary N) is 1. The fourth-order valence-electron chi connectivity index (χ4n) is 3.27. The molecule has 1 saturated heterocycles. The van der Waals surface area contributed by atoms with E-state index in [4.69, 9.17) is 0 Å². The third kappa shape index (κ3) is 3.85. The van der Waals surface area contributed by atoms with E-state index in [0.29, 0.717) is 0 Å². The zero-order chi connectivity index (χ0) is 16.9. The summed E-state index contributed by atoms with van der Waals surface area (Å²) in [5, 5.41) is 7.51. The first kappa shape index (κ1) is 16.7. The number of hydrogen-bond donors (Lipinski definition) is 1. The van der Waals surface area contributed by atoms with Crippen LogP contribution in [-0.4, -0.2) is 47.3 Å². The summed E-state index contributed by atoms with van der Waals surface area (Å²) in [6.45, 7) is 4.81. The smallest absolute Gasteiger partial charge is 0.253 e. The summed E-state index contributed by atoms with van der Waals surface area (Å²) in [6.07, 6.45) is 7.23. The van der Waals surface area contributed by atoms with Gasteiger partial charge in [-0.3, -0.25) is 4.79 Å². The Morgan fingerprint density at radius 2 is 1.96 bits per heavy atom. The molecule has 128 valence electrons. The van der Waals surface area contributed by atoms with Gasteiger partial charge in [0.25, 0.3) is 5.91 Å². The second-order valence-electron chi connectivity index (χ2n) is 6.64. The largest absolute Gasteiger partial charge is 0.339 e. The van der Waals surface area contributed by atoms with Crippen LogP contribution in [0, 0.1) is 12.8 Å². The lowest BCUT2D eigenvalue weighted by Gasteiger charge is -2.32. The number of hydrogen-bond acceptors (Lipinski definition) is 3. The summed E-state index contributed by atoms with van der Waals surface area (Å²) >= 11 is 0. The molecular weight excluding hydrogens is 300 g/mol. The predicted octanol–water partition coefficient (Wildman–Crippen LogP) is 2.64. The highest BCUT2D eigenvalue weighted by Gasteiger charge is 2.23. The van der Waals surface area contributed by atoms with E-state index in [2.05, 4.69) is 10.4 Å². The van der Waals surface area contributed by atoms with E-state index >= 15 is 0 Å². The van der Waals surface area contributed by atoms with Crippen molar-refractivity contribution in [2.45, 2.75) is 26.2 Å². The zero-order valence-electron chi connectivity index (χ0n) is 14.5. The molecule has 0 saturated carbocycles. The second-order valence-corrected chi connectivity index (χ2v) is 6.64. The Bertz CT molecular complexity index is 669. The van der Waals surface area contributed by atoms with Gasteiger partial charge in [-0.1, -0.05) is 0 Å². The van der Waals surface area contributed by atoms with Crippen molar-refractivity contribution in [2.75, 3.05) is 26.7 Å². The van der Waals surface area contributed by atoms with Gasteiger partial charge >= 0.3 is 0 Å². The number of nitrogens with zero attached hydrogens (tertiary/aromatic N) is 3. The number of piperidine rings is 1. The zero-order valence-corrected chi connectivity index (χ0v) is 14.5. The monoisotopic (exact) mass is 326 g/mol. The van der Waals surface area contributed by atoms with Gasteiger partial charge in [-0.25, -0.2) is 4.68 Å². The van der Waals surface area contributed by atoms with E-state index in [-0.39, 0.29) is 5.91 Å².